The number of aliphatic hydroxyl groups is 2. The molecule has 1 fully saturated rings. The van der Waals surface area contributed by atoms with Gasteiger partial charge in [-0.05, 0) is 129 Å². The van der Waals surface area contributed by atoms with E-state index in [1.807, 2.05) is 0 Å². The third kappa shape index (κ3) is 31.1. The van der Waals surface area contributed by atoms with E-state index in [-0.39, 0.29) is 23.7 Å². The van der Waals surface area contributed by atoms with E-state index in [1.54, 1.807) is 13.8 Å². The van der Waals surface area contributed by atoms with Crippen LogP contribution in [0.25, 0.3) is 0 Å². The number of carbonyl (C=O) groups is 2. The van der Waals surface area contributed by atoms with Crippen molar-refractivity contribution < 1.29 is 19.8 Å². The average molecular weight is 875 g/mol. The number of allylic oxidation sites excluding steroid dienone is 4. The number of carbonyl (C=O) groups excluding carboxylic acids is 2. The predicted octanol–water partition coefficient (Wildman–Crippen LogP) is 10.3. The number of hydrogen-bond acceptors (Lipinski definition) is 8. The van der Waals surface area contributed by atoms with Crippen LogP contribution in [0.4, 0.5) is 0 Å². The van der Waals surface area contributed by atoms with E-state index in [2.05, 4.69) is 58.6 Å². The van der Waals surface area contributed by atoms with Gasteiger partial charge in [-0.25, -0.2) is 0 Å². The molecule has 1 rings (SSSR count). The summed E-state index contributed by atoms with van der Waals surface area (Å²) in [5.41, 5.74) is 11.7. The smallest absolute Gasteiger partial charge is 0.221 e. The third-order valence-corrected chi connectivity index (χ3v) is 13.0. The normalized spacial score (nSPS) is 17.0. The van der Waals surface area contributed by atoms with Gasteiger partial charge in [0.15, 0.2) is 0 Å². The molecule has 6 unspecified atom stereocenters. The first-order chi connectivity index (χ1) is 30.2. The van der Waals surface area contributed by atoms with E-state index in [0.717, 1.165) is 64.2 Å². The van der Waals surface area contributed by atoms with Gasteiger partial charge in [-0.15, -0.1) is 0 Å². The quantitative estimate of drug-likeness (QED) is 0.0261. The first-order valence-electron chi connectivity index (χ1n) is 26.3. The number of unbranched alkanes of at least 4 members (excludes halogenated alkanes) is 18. The summed E-state index contributed by atoms with van der Waals surface area (Å²) in [6.07, 6.45) is 41.3. The Balaban J connectivity index is 2.53. The molecule has 0 spiro atoms. The summed E-state index contributed by atoms with van der Waals surface area (Å²) >= 11 is 0. The Morgan fingerprint density at radius 3 is 1.08 bits per heavy atom. The fourth-order valence-electron chi connectivity index (χ4n) is 9.11. The summed E-state index contributed by atoms with van der Waals surface area (Å²) < 4.78 is 0. The number of rotatable bonds is 42. The molecule has 0 saturated carbocycles. The van der Waals surface area contributed by atoms with Crippen molar-refractivity contribution in [2.24, 2.45) is 23.3 Å². The summed E-state index contributed by atoms with van der Waals surface area (Å²) in [7, 11) is 0. The van der Waals surface area contributed by atoms with Crippen molar-refractivity contribution >= 4 is 11.8 Å². The van der Waals surface area contributed by atoms with Gasteiger partial charge < -0.3 is 32.3 Å². The van der Waals surface area contributed by atoms with Crippen LogP contribution in [0.2, 0.25) is 0 Å². The highest BCUT2D eigenvalue weighted by molar-refractivity contribution is 5.77. The monoisotopic (exact) mass is 875 g/mol. The van der Waals surface area contributed by atoms with Crippen LogP contribution in [-0.2, 0) is 9.59 Å². The van der Waals surface area contributed by atoms with Gasteiger partial charge in [0.05, 0.1) is 12.2 Å². The zero-order valence-electron chi connectivity index (χ0n) is 41.0. The minimum atomic E-state index is -0.744. The number of nitrogens with one attached hydrogen (secondary N) is 2. The maximum Gasteiger partial charge on any atom is 0.221 e. The fourth-order valence-corrected chi connectivity index (χ4v) is 9.11. The van der Waals surface area contributed by atoms with Crippen LogP contribution >= 0.6 is 0 Å². The van der Waals surface area contributed by atoms with E-state index < -0.39 is 24.5 Å². The minimum absolute atomic E-state index is 0.0214. The van der Waals surface area contributed by atoms with Gasteiger partial charge in [-0.1, -0.05) is 128 Å². The highest BCUT2D eigenvalue weighted by Crippen LogP contribution is 2.23. The molecule has 0 bridgehead atoms. The molecule has 1 saturated heterocycles. The van der Waals surface area contributed by atoms with Gasteiger partial charge >= 0.3 is 0 Å². The molecule has 0 aliphatic carbocycles. The molecule has 0 aromatic rings. The van der Waals surface area contributed by atoms with Crippen molar-refractivity contribution in [2.75, 3.05) is 39.3 Å². The summed E-state index contributed by atoms with van der Waals surface area (Å²) in [6.45, 7) is 11.7. The molecule has 1 heterocycles. The van der Waals surface area contributed by atoms with E-state index in [9.17, 15) is 19.8 Å². The lowest BCUT2D eigenvalue weighted by atomic mass is 9.92. The van der Waals surface area contributed by atoms with Crippen LogP contribution in [-0.4, -0.2) is 95.6 Å². The zero-order chi connectivity index (χ0) is 45.5. The molecule has 1 aliphatic rings. The number of amides is 2. The Morgan fingerprint density at radius 1 is 0.484 bits per heavy atom. The molecule has 62 heavy (non-hydrogen) atoms. The van der Waals surface area contributed by atoms with E-state index in [0.29, 0.717) is 52.1 Å². The van der Waals surface area contributed by atoms with Gasteiger partial charge in [0.2, 0.25) is 11.8 Å². The Bertz CT molecular complexity index is 1010. The molecule has 364 valence electrons. The van der Waals surface area contributed by atoms with Gasteiger partial charge in [-0.2, -0.15) is 0 Å². The maximum absolute atomic E-state index is 13.4. The lowest BCUT2D eigenvalue weighted by Crippen LogP contribution is -2.64. The molecule has 1 aliphatic heterocycles. The van der Waals surface area contributed by atoms with Crippen LogP contribution < -0.4 is 22.1 Å². The van der Waals surface area contributed by atoms with Gasteiger partial charge in [0, 0.05) is 39.0 Å². The number of hydrogen-bond donors (Lipinski definition) is 6. The molecule has 0 aromatic carbocycles. The van der Waals surface area contributed by atoms with Crippen LogP contribution in [0.3, 0.4) is 0 Å². The molecule has 8 N–H and O–H groups in total. The predicted molar refractivity (Wildman–Crippen MR) is 264 cm³/mol. The average Bonchev–Trinajstić information content (AvgIpc) is 3.25. The number of piperazine rings is 1. The molecule has 2 amide bonds. The van der Waals surface area contributed by atoms with E-state index >= 15 is 0 Å². The molecule has 0 aromatic heterocycles. The number of nitrogens with two attached hydrogens (primary N) is 2. The van der Waals surface area contributed by atoms with Crippen molar-refractivity contribution in [3.63, 3.8) is 0 Å². The lowest BCUT2D eigenvalue weighted by Gasteiger charge is -2.44. The molecular formula is C52H102N6O4. The van der Waals surface area contributed by atoms with Crippen LogP contribution in [0.15, 0.2) is 24.3 Å². The topological polar surface area (TPSA) is 157 Å². The summed E-state index contributed by atoms with van der Waals surface area (Å²) in [6, 6.07) is 0. The first-order valence-corrected chi connectivity index (χ1v) is 26.3. The van der Waals surface area contributed by atoms with Gasteiger partial charge in [-0.3, -0.25) is 19.4 Å². The third-order valence-electron chi connectivity index (χ3n) is 13.0. The number of nitrogens with zero attached hydrogens (tertiary/aromatic N) is 2. The van der Waals surface area contributed by atoms with Gasteiger partial charge in [0.1, 0.15) is 12.3 Å². The van der Waals surface area contributed by atoms with Crippen molar-refractivity contribution in [1.29, 1.82) is 0 Å². The van der Waals surface area contributed by atoms with Crippen LogP contribution in [0, 0.1) is 11.8 Å². The van der Waals surface area contributed by atoms with Crippen LogP contribution in [0.5, 0.6) is 0 Å². The highest BCUT2D eigenvalue weighted by atomic mass is 16.3. The van der Waals surface area contributed by atoms with Crippen LogP contribution in [0.1, 0.15) is 220 Å². The fraction of sp³-hybridized carbons (Fsp3) is 0.885. The summed E-state index contributed by atoms with van der Waals surface area (Å²) in [5.74, 6) is 0.523. The lowest BCUT2D eigenvalue weighted by molar-refractivity contribution is -0.129. The standard InChI is InChI=1S/C52H102N6O4/c1-5-7-9-11-13-15-17-19-21-23-25-27-29-33-47(35-31-37-53)43-49(61)55-51(45(3)59)57-39-41-58(42-40-57)52(46(4)60)56-50(62)44-48(36-32-38-54)34-30-28-26-24-22-20-18-16-14-12-10-8-6-2/h19-22,45-48,51-52,59-60H,5-18,23-44,53-54H2,1-4H3,(H,55,61)(H,56,62)/b21-19-,22-20-. The van der Waals surface area contributed by atoms with E-state index in [4.69, 9.17) is 11.5 Å². The Labute approximate surface area is 382 Å². The second kappa shape index (κ2) is 40.7. The Hall–Kier alpha value is -1.82. The minimum Gasteiger partial charge on any atom is -0.390 e. The highest BCUT2D eigenvalue weighted by Gasteiger charge is 2.33. The SMILES string of the molecule is CCCCCCCC/C=C\CCCCCC(CCCN)CC(=O)NC(C(C)O)N1CCN(C(NC(=O)CC(CCCN)CCCCC/C=C\CCCCCCCC)C(C)O)CC1. The maximum atomic E-state index is 13.4. The van der Waals surface area contributed by atoms with Crippen molar-refractivity contribution in [3.05, 3.63) is 24.3 Å². The largest absolute Gasteiger partial charge is 0.390 e. The molecule has 10 heteroatoms. The zero-order valence-corrected chi connectivity index (χ0v) is 41.0. The van der Waals surface area contributed by atoms with Crippen molar-refractivity contribution in [1.82, 2.24) is 20.4 Å². The summed E-state index contributed by atoms with van der Waals surface area (Å²) in [5, 5.41) is 28.0. The second-order valence-electron chi connectivity index (χ2n) is 18.9. The van der Waals surface area contributed by atoms with E-state index in [1.165, 1.54) is 116 Å². The molecular weight excluding hydrogens is 773 g/mol. The molecule has 0 radical (unpaired) electrons. The van der Waals surface area contributed by atoms with Gasteiger partial charge in [0.25, 0.3) is 0 Å². The molecule has 6 atom stereocenters. The Morgan fingerprint density at radius 2 is 0.774 bits per heavy atom. The Kier molecular flexibility index (Phi) is 38.2. The van der Waals surface area contributed by atoms with Crippen molar-refractivity contribution in [2.45, 2.75) is 245 Å². The molecule has 10 nitrogen and oxygen atoms in total. The first kappa shape index (κ1) is 58.2. The summed E-state index contributed by atoms with van der Waals surface area (Å²) in [4.78, 5) is 31.1. The van der Waals surface area contributed by atoms with Crippen molar-refractivity contribution in [3.8, 4) is 0 Å². The number of aliphatic hydroxyl groups excluding tert-OH is 2. The second-order valence-corrected chi connectivity index (χ2v) is 18.9.